The molecule has 1 unspecified atom stereocenters. The number of ether oxygens (including phenoxy) is 4. The maximum absolute atomic E-state index is 11.9. The van der Waals surface area contributed by atoms with E-state index in [1.54, 1.807) is 37.3 Å². The molecule has 1 atom stereocenters. The Kier molecular flexibility index (Phi) is 8.68. The minimum atomic E-state index is -0.708. The molecule has 2 aromatic rings. The first-order valence-corrected chi connectivity index (χ1v) is 8.95. The third-order valence-corrected chi connectivity index (χ3v) is 3.75. The Labute approximate surface area is 164 Å². The topological polar surface area (TPSA) is 54.0 Å². The molecule has 0 radical (unpaired) electrons. The molecule has 0 fully saturated rings. The number of rotatable bonds is 11. The number of benzene rings is 2. The van der Waals surface area contributed by atoms with Gasteiger partial charge in [-0.25, -0.2) is 4.79 Å². The lowest BCUT2D eigenvalue weighted by Crippen LogP contribution is -2.27. The van der Waals surface area contributed by atoms with E-state index in [-0.39, 0.29) is 6.61 Å². The van der Waals surface area contributed by atoms with Crippen LogP contribution in [-0.2, 0) is 20.9 Å². The van der Waals surface area contributed by atoms with Crippen molar-refractivity contribution in [1.82, 2.24) is 0 Å². The van der Waals surface area contributed by atoms with Crippen LogP contribution in [-0.4, -0.2) is 31.9 Å². The van der Waals surface area contributed by atoms with Crippen LogP contribution in [0.25, 0.3) is 0 Å². The summed E-state index contributed by atoms with van der Waals surface area (Å²) in [5, 5.41) is 0.667. The lowest BCUT2D eigenvalue weighted by Gasteiger charge is -2.14. The molecule has 0 aromatic heterocycles. The summed E-state index contributed by atoms with van der Waals surface area (Å²) in [5.74, 6) is 0.887. The van der Waals surface area contributed by atoms with Crippen LogP contribution in [0, 0.1) is 0 Å². The maximum atomic E-state index is 11.9. The van der Waals surface area contributed by atoms with Crippen molar-refractivity contribution >= 4 is 17.6 Å². The number of hydrogen-bond acceptors (Lipinski definition) is 5. The zero-order chi connectivity index (χ0) is 19.5. The van der Waals surface area contributed by atoms with Crippen molar-refractivity contribution in [3.05, 3.63) is 71.8 Å². The van der Waals surface area contributed by atoms with E-state index in [1.807, 2.05) is 24.3 Å². The van der Waals surface area contributed by atoms with E-state index in [0.717, 1.165) is 11.3 Å². The van der Waals surface area contributed by atoms with Gasteiger partial charge < -0.3 is 18.9 Å². The lowest BCUT2D eigenvalue weighted by molar-refractivity contribution is -0.152. The zero-order valence-electron chi connectivity index (χ0n) is 15.2. The molecule has 0 bridgehead atoms. The Hall–Kier alpha value is -2.50. The summed E-state index contributed by atoms with van der Waals surface area (Å²) in [4.78, 5) is 11.9. The molecule has 2 rings (SSSR count). The van der Waals surface area contributed by atoms with Crippen LogP contribution in [0.2, 0.25) is 5.02 Å². The minimum Gasteiger partial charge on any atom is -0.489 e. The molecule has 0 saturated carbocycles. The molecule has 144 valence electrons. The monoisotopic (exact) mass is 390 g/mol. The van der Waals surface area contributed by atoms with Crippen LogP contribution >= 0.6 is 11.6 Å². The molecular formula is C21H23ClO5. The Morgan fingerprint density at radius 3 is 2.41 bits per heavy atom. The van der Waals surface area contributed by atoms with Crippen molar-refractivity contribution in [2.45, 2.75) is 19.6 Å². The molecule has 0 aliphatic heterocycles. The largest absolute Gasteiger partial charge is 0.489 e. The van der Waals surface area contributed by atoms with E-state index in [1.165, 1.54) is 0 Å². The van der Waals surface area contributed by atoms with Gasteiger partial charge in [0.1, 0.15) is 24.7 Å². The highest BCUT2D eigenvalue weighted by atomic mass is 35.5. The normalized spacial score (nSPS) is 11.5. The highest BCUT2D eigenvalue weighted by molar-refractivity contribution is 6.30. The summed E-state index contributed by atoms with van der Waals surface area (Å²) < 4.78 is 21.5. The number of carbonyl (C=O) groups excluding carboxylic acids is 1. The van der Waals surface area contributed by atoms with Crippen molar-refractivity contribution in [1.29, 1.82) is 0 Å². The van der Waals surface area contributed by atoms with E-state index >= 15 is 0 Å². The fourth-order valence-electron chi connectivity index (χ4n) is 2.10. The first kappa shape index (κ1) is 20.8. The third-order valence-electron chi connectivity index (χ3n) is 3.49. The molecule has 2 aromatic carbocycles. The first-order chi connectivity index (χ1) is 13.1. The lowest BCUT2D eigenvalue weighted by atomic mass is 10.2. The van der Waals surface area contributed by atoms with Crippen LogP contribution in [0.4, 0.5) is 0 Å². The Morgan fingerprint density at radius 1 is 1.07 bits per heavy atom. The second kappa shape index (κ2) is 11.3. The van der Waals surface area contributed by atoms with Crippen molar-refractivity contribution in [2.75, 3.05) is 19.8 Å². The van der Waals surface area contributed by atoms with Gasteiger partial charge in [-0.15, -0.1) is 6.58 Å². The van der Waals surface area contributed by atoms with Gasteiger partial charge in [0.2, 0.25) is 0 Å². The molecule has 0 amide bonds. The number of hydrogen-bond donors (Lipinski definition) is 0. The Bertz CT molecular complexity index is 712. The summed E-state index contributed by atoms with van der Waals surface area (Å²) in [6, 6.07) is 14.5. The number of carbonyl (C=O) groups is 1. The van der Waals surface area contributed by atoms with Crippen LogP contribution in [0.5, 0.6) is 11.5 Å². The fourth-order valence-corrected chi connectivity index (χ4v) is 2.23. The molecule has 6 heteroatoms. The zero-order valence-corrected chi connectivity index (χ0v) is 16.0. The SMILES string of the molecule is C=CCOCCOC(=O)C(C)Oc1ccc(COc2ccc(Cl)cc2)cc1. The van der Waals surface area contributed by atoms with E-state index < -0.39 is 12.1 Å². The van der Waals surface area contributed by atoms with Crippen LogP contribution in [0.1, 0.15) is 12.5 Å². The average molecular weight is 391 g/mol. The molecule has 0 aliphatic rings. The van der Waals surface area contributed by atoms with Crippen molar-refractivity contribution in [3.8, 4) is 11.5 Å². The predicted octanol–water partition coefficient (Wildman–Crippen LogP) is 4.43. The van der Waals surface area contributed by atoms with Crippen LogP contribution in [0.15, 0.2) is 61.2 Å². The molecule has 27 heavy (non-hydrogen) atoms. The standard InChI is InChI=1S/C21H23ClO5/c1-3-12-24-13-14-25-21(23)16(2)27-20-8-4-17(5-9-20)15-26-19-10-6-18(22)7-11-19/h3-11,16H,1,12-15H2,2H3. The number of halogens is 1. The predicted molar refractivity (Wildman–Crippen MR) is 104 cm³/mol. The van der Waals surface area contributed by atoms with Crippen LogP contribution in [0.3, 0.4) is 0 Å². The van der Waals surface area contributed by atoms with Crippen molar-refractivity contribution in [2.24, 2.45) is 0 Å². The smallest absolute Gasteiger partial charge is 0.347 e. The highest BCUT2D eigenvalue weighted by Crippen LogP contribution is 2.19. The van der Waals surface area contributed by atoms with Gasteiger partial charge in [0.15, 0.2) is 6.10 Å². The van der Waals surface area contributed by atoms with Gasteiger partial charge in [-0.2, -0.15) is 0 Å². The van der Waals surface area contributed by atoms with Gasteiger partial charge in [0.25, 0.3) is 0 Å². The Balaban J connectivity index is 1.74. The van der Waals surface area contributed by atoms with Gasteiger partial charge in [-0.1, -0.05) is 29.8 Å². The van der Waals surface area contributed by atoms with Crippen molar-refractivity contribution < 1.29 is 23.7 Å². The molecule has 0 N–H and O–H groups in total. The maximum Gasteiger partial charge on any atom is 0.347 e. The quantitative estimate of drug-likeness (QED) is 0.322. The molecule has 0 heterocycles. The molecule has 0 spiro atoms. The molecule has 0 saturated heterocycles. The second-order valence-electron chi connectivity index (χ2n) is 5.68. The van der Waals surface area contributed by atoms with Gasteiger partial charge in [0.05, 0.1) is 13.2 Å². The highest BCUT2D eigenvalue weighted by Gasteiger charge is 2.16. The molecule has 5 nitrogen and oxygen atoms in total. The summed E-state index contributed by atoms with van der Waals surface area (Å²) in [6.45, 7) is 6.54. The van der Waals surface area contributed by atoms with Crippen LogP contribution < -0.4 is 9.47 Å². The summed E-state index contributed by atoms with van der Waals surface area (Å²) in [7, 11) is 0. The van der Waals surface area contributed by atoms with Gasteiger partial charge in [0, 0.05) is 5.02 Å². The fraction of sp³-hybridized carbons (Fsp3) is 0.286. The van der Waals surface area contributed by atoms with E-state index in [2.05, 4.69) is 6.58 Å². The average Bonchev–Trinajstić information content (AvgIpc) is 2.68. The second-order valence-corrected chi connectivity index (χ2v) is 6.11. The Morgan fingerprint density at radius 2 is 1.74 bits per heavy atom. The summed E-state index contributed by atoms with van der Waals surface area (Å²) in [5.41, 5.74) is 0.979. The van der Waals surface area contributed by atoms with Gasteiger partial charge in [-0.3, -0.25) is 0 Å². The minimum absolute atomic E-state index is 0.182. The van der Waals surface area contributed by atoms with Gasteiger partial charge in [-0.05, 0) is 48.9 Å². The molecular weight excluding hydrogens is 368 g/mol. The van der Waals surface area contributed by atoms with E-state index in [4.69, 9.17) is 30.5 Å². The van der Waals surface area contributed by atoms with Gasteiger partial charge >= 0.3 is 5.97 Å². The first-order valence-electron chi connectivity index (χ1n) is 8.57. The third kappa shape index (κ3) is 7.72. The van der Waals surface area contributed by atoms with E-state index in [9.17, 15) is 4.79 Å². The van der Waals surface area contributed by atoms with Crippen molar-refractivity contribution in [3.63, 3.8) is 0 Å². The molecule has 0 aliphatic carbocycles. The number of esters is 1. The van der Waals surface area contributed by atoms with E-state index in [0.29, 0.717) is 30.6 Å². The summed E-state index contributed by atoms with van der Waals surface area (Å²) >= 11 is 5.85. The summed E-state index contributed by atoms with van der Waals surface area (Å²) in [6.07, 6.45) is 0.929.